The summed E-state index contributed by atoms with van der Waals surface area (Å²) in [5.74, 6) is 2.13. The average Bonchev–Trinajstić information content (AvgIpc) is 2.81. The van der Waals surface area contributed by atoms with E-state index >= 15 is 0 Å². The molecule has 3 heteroatoms. The zero-order chi connectivity index (χ0) is 21.6. The van der Waals surface area contributed by atoms with Crippen LogP contribution in [0.3, 0.4) is 0 Å². The highest BCUT2D eigenvalue weighted by Crippen LogP contribution is 2.30. The van der Waals surface area contributed by atoms with E-state index in [1.54, 1.807) is 7.11 Å². The van der Waals surface area contributed by atoms with Gasteiger partial charge in [0.15, 0.2) is 0 Å². The molecule has 0 saturated carbocycles. The molecule has 3 nitrogen and oxygen atoms in total. The van der Waals surface area contributed by atoms with Gasteiger partial charge in [0.1, 0.15) is 11.5 Å². The van der Waals surface area contributed by atoms with Gasteiger partial charge in [0, 0.05) is 6.07 Å². The molecule has 0 aliphatic rings. The molecule has 0 aliphatic carbocycles. The van der Waals surface area contributed by atoms with E-state index in [-0.39, 0.29) is 0 Å². The third kappa shape index (κ3) is 5.00. The van der Waals surface area contributed by atoms with Crippen molar-refractivity contribution in [1.29, 1.82) is 0 Å². The Labute approximate surface area is 184 Å². The number of benzene rings is 4. The van der Waals surface area contributed by atoms with Crippen LogP contribution in [0.2, 0.25) is 0 Å². The fourth-order valence-electron chi connectivity index (χ4n) is 3.81. The normalized spacial score (nSPS) is 12.2. The van der Waals surface area contributed by atoms with Crippen LogP contribution in [0.25, 0.3) is 21.5 Å². The summed E-state index contributed by atoms with van der Waals surface area (Å²) in [6.45, 7) is 6.11. The molecule has 0 saturated heterocycles. The molecule has 31 heavy (non-hydrogen) atoms. The Morgan fingerprint density at radius 2 is 1.42 bits per heavy atom. The molecule has 0 aliphatic heterocycles. The third-order valence-electron chi connectivity index (χ3n) is 5.80. The van der Waals surface area contributed by atoms with Crippen LogP contribution in [0, 0.1) is 5.92 Å². The average molecular weight is 415 g/mol. The van der Waals surface area contributed by atoms with Gasteiger partial charge in [0.2, 0.25) is 0 Å². The van der Waals surface area contributed by atoms with E-state index < -0.39 is 0 Å². The first-order chi connectivity index (χ1) is 15.2. The van der Waals surface area contributed by atoms with Gasteiger partial charge in [0.25, 0.3) is 0 Å². The Morgan fingerprint density at radius 3 is 2.06 bits per heavy atom. The van der Waals surface area contributed by atoms with Gasteiger partial charge in [-0.05, 0) is 56.8 Å². The van der Waals surface area contributed by atoms with Crippen molar-refractivity contribution in [3.8, 4) is 11.5 Å². The predicted molar refractivity (Wildman–Crippen MR) is 128 cm³/mol. The molecule has 0 unspecified atom stereocenters. The second kappa shape index (κ2) is 9.84. The van der Waals surface area contributed by atoms with Gasteiger partial charge in [-0.15, -0.1) is 0 Å². The van der Waals surface area contributed by atoms with Crippen LogP contribution in [0.1, 0.15) is 31.4 Å². The third-order valence-corrected chi connectivity index (χ3v) is 5.80. The minimum atomic E-state index is 0.494. The molecule has 0 radical (unpaired) electrons. The van der Waals surface area contributed by atoms with Crippen LogP contribution in [0.15, 0.2) is 72.8 Å². The number of methoxy groups -OCH3 is 1. The first kappa shape index (κ1) is 21.2. The first-order valence-corrected chi connectivity index (χ1v) is 11.0. The summed E-state index contributed by atoms with van der Waals surface area (Å²) in [6, 6.07) is 25.2. The van der Waals surface area contributed by atoms with Crippen molar-refractivity contribution in [2.24, 2.45) is 5.92 Å². The fraction of sp³-hybridized carbons (Fsp3) is 0.286. The van der Waals surface area contributed by atoms with Crippen LogP contribution in [0.5, 0.6) is 11.5 Å². The van der Waals surface area contributed by atoms with Crippen LogP contribution in [-0.4, -0.2) is 13.7 Å². The van der Waals surface area contributed by atoms with E-state index in [1.165, 1.54) is 27.1 Å². The van der Waals surface area contributed by atoms with Crippen LogP contribution in [0.4, 0.5) is 0 Å². The molecule has 4 rings (SSSR count). The summed E-state index contributed by atoms with van der Waals surface area (Å²) in [7, 11) is 1.68. The number of ether oxygens (including phenoxy) is 3. The summed E-state index contributed by atoms with van der Waals surface area (Å²) in [4.78, 5) is 0. The van der Waals surface area contributed by atoms with E-state index in [1.807, 2.05) is 18.2 Å². The lowest BCUT2D eigenvalue weighted by molar-refractivity contribution is 0.108. The van der Waals surface area contributed by atoms with E-state index in [0.29, 0.717) is 25.7 Å². The van der Waals surface area contributed by atoms with Crippen molar-refractivity contribution < 1.29 is 14.2 Å². The summed E-state index contributed by atoms with van der Waals surface area (Å²) < 4.78 is 17.7. The molecule has 1 atom stereocenters. The first-order valence-electron chi connectivity index (χ1n) is 11.0. The Bertz CT molecular complexity index is 1110. The topological polar surface area (TPSA) is 27.7 Å². The van der Waals surface area contributed by atoms with Gasteiger partial charge in [-0.1, -0.05) is 68.8 Å². The van der Waals surface area contributed by atoms with Crippen molar-refractivity contribution in [3.05, 3.63) is 83.9 Å². The zero-order valence-electron chi connectivity index (χ0n) is 18.6. The van der Waals surface area contributed by atoms with Gasteiger partial charge < -0.3 is 14.2 Å². The maximum Gasteiger partial charge on any atom is 0.123 e. The highest BCUT2D eigenvalue weighted by molar-refractivity contribution is 6.02. The highest BCUT2D eigenvalue weighted by atomic mass is 16.5. The largest absolute Gasteiger partial charge is 0.497 e. The second-order valence-electron chi connectivity index (χ2n) is 8.13. The maximum atomic E-state index is 6.21. The van der Waals surface area contributed by atoms with Gasteiger partial charge >= 0.3 is 0 Å². The molecule has 160 valence electrons. The molecule has 0 spiro atoms. The lowest BCUT2D eigenvalue weighted by Crippen LogP contribution is -2.07. The lowest BCUT2D eigenvalue weighted by atomic mass is 9.97. The molecule has 0 bridgehead atoms. The molecule has 0 fully saturated rings. The number of hydrogen-bond acceptors (Lipinski definition) is 3. The number of rotatable bonds is 9. The van der Waals surface area contributed by atoms with Crippen molar-refractivity contribution in [2.75, 3.05) is 13.7 Å². The maximum absolute atomic E-state index is 6.21. The van der Waals surface area contributed by atoms with Gasteiger partial charge in [-0.25, -0.2) is 0 Å². The fourth-order valence-corrected chi connectivity index (χ4v) is 3.81. The molecule has 0 N–H and O–H groups in total. The van der Waals surface area contributed by atoms with E-state index in [4.69, 9.17) is 14.2 Å². The number of fused-ring (bicyclic) bond motifs is 2. The molecule has 4 aromatic carbocycles. The Morgan fingerprint density at radius 1 is 0.774 bits per heavy atom. The Kier molecular flexibility index (Phi) is 6.73. The van der Waals surface area contributed by atoms with Gasteiger partial charge in [-0.3, -0.25) is 0 Å². The minimum absolute atomic E-state index is 0.494. The Balaban J connectivity index is 1.54. The van der Waals surface area contributed by atoms with Crippen LogP contribution < -0.4 is 9.47 Å². The Hall–Kier alpha value is -3.04. The molecule has 0 aromatic heterocycles. The zero-order valence-corrected chi connectivity index (χ0v) is 18.6. The predicted octanol–water partition coefficient (Wildman–Crippen LogP) is 7.14. The minimum Gasteiger partial charge on any atom is -0.497 e. The van der Waals surface area contributed by atoms with Crippen LogP contribution in [-0.2, 0) is 18.0 Å². The molecule has 0 amide bonds. The smallest absolute Gasteiger partial charge is 0.123 e. The monoisotopic (exact) mass is 414 g/mol. The van der Waals surface area contributed by atoms with Gasteiger partial charge in [-0.2, -0.15) is 0 Å². The van der Waals surface area contributed by atoms with Gasteiger partial charge in [0.05, 0.1) is 26.9 Å². The van der Waals surface area contributed by atoms with Crippen molar-refractivity contribution in [3.63, 3.8) is 0 Å². The molecular formula is C28H30O3. The molecule has 0 heterocycles. The van der Waals surface area contributed by atoms with Crippen molar-refractivity contribution in [2.45, 2.75) is 33.5 Å². The highest BCUT2D eigenvalue weighted by Gasteiger charge is 2.09. The quantitative estimate of drug-likeness (QED) is 0.272. The SMILES string of the molecule is CC[C@H](C)COc1cc(COCc2c3ccccc3cc3ccccc23)cc(OC)c1. The summed E-state index contributed by atoms with van der Waals surface area (Å²) in [5.41, 5.74) is 2.27. The molecular weight excluding hydrogens is 384 g/mol. The molecule has 4 aromatic rings. The van der Waals surface area contributed by atoms with E-state index in [0.717, 1.165) is 23.5 Å². The van der Waals surface area contributed by atoms with Crippen LogP contribution >= 0.6 is 0 Å². The van der Waals surface area contributed by atoms with E-state index in [2.05, 4.69) is 68.4 Å². The summed E-state index contributed by atoms with van der Waals surface area (Å²) in [5, 5.41) is 4.96. The summed E-state index contributed by atoms with van der Waals surface area (Å²) in [6.07, 6.45) is 1.10. The second-order valence-corrected chi connectivity index (χ2v) is 8.13. The van der Waals surface area contributed by atoms with Crippen molar-refractivity contribution >= 4 is 21.5 Å². The van der Waals surface area contributed by atoms with E-state index in [9.17, 15) is 0 Å². The summed E-state index contributed by atoms with van der Waals surface area (Å²) >= 11 is 0. The standard InChI is InChI=1S/C28H30O3/c1-4-20(2)17-31-25-14-21(13-24(16-25)29-3)18-30-19-28-26-11-7-5-9-22(26)15-23-10-6-8-12-27(23)28/h5-16,20H,4,17-19H2,1-3H3/t20-/m0/s1. The number of hydrogen-bond donors (Lipinski definition) is 0. The lowest BCUT2D eigenvalue weighted by Gasteiger charge is -2.15. The van der Waals surface area contributed by atoms with Crippen molar-refractivity contribution in [1.82, 2.24) is 0 Å².